The minimum Gasteiger partial charge on any atom is -0.415 e. The molecule has 0 amide bonds. The second-order valence-corrected chi connectivity index (χ2v) is 2.18. The molecule has 1 nitrogen and oxygen atoms in total. The summed E-state index contributed by atoms with van der Waals surface area (Å²) in [4.78, 5) is 0. The Bertz CT molecular complexity index is 301. The molecule has 0 N–H and O–H groups in total. The molecule has 0 saturated heterocycles. The Hall–Kier alpha value is -1.68. The van der Waals surface area contributed by atoms with Gasteiger partial charge in [-0.2, -0.15) is 0 Å². The van der Waals surface area contributed by atoms with Crippen molar-refractivity contribution in [2.24, 2.45) is 0 Å². The van der Waals surface area contributed by atoms with Crippen molar-refractivity contribution in [1.82, 2.24) is 0 Å². The summed E-state index contributed by atoms with van der Waals surface area (Å²) >= 11 is 0. The lowest BCUT2D eigenvalue weighted by Gasteiger charge is -1.88. The molecule has 0 aliphatic heterocycles. The normalized spacial score (nSPS) is 9.08. The van der Waals surface area contributed by atoms with Gasteiger partial charge in [0.25, 0.3) is 0 Å². The molecule has 0 atom stereocenters. The maximum Gasteiger partial charge on any atom is 0.115 e. The Balaban J connectivity index is 2.50. The van der Waals surface area contributed by atoms with Gasteiger partial charge in [-0.25, -0.2) is 0 Å². The molecule has 0 saturated carbocycles. The molecule has 1 aromatic carbocycles. The predicted octanol–water partition coefficient (Wildman–Crippen LogP) is 2.65. The Morgan fingerprint density at radius 2 is 2.00 bits per heavy atom. The zero-order valence-corrected chi connectivity index (χ0v) is 6.95. The largest absolute Gasteiger partial charge is 0.415 e. The fourth-order valence-corrected chi connectivity index (χ4v) is 0.770. The molecular formula is C11H10O. The number of benzene rings is 1. The Morgan fingerprint density at radius 1 is 1.25 bits per heavy atom. The summed E-state index contributed by atoms with van der Waals surface area (Å²) in [6.45, 7) is 1.73. The van der Waals surface area contributed by atoms with E-state index in [4.69, 9.17) is 4.74 Å². The van der Waals surface area contributed by atoms with Crippen molar-refractivity contribution in [2.45, 2.75) is 6.92 Å². The highest BCUT2D eigenvalue weighted by molar-refractivity contribution is 5.47. The highest BCUT2D eigenvalue weighted by Gasteiger charge is 1.80. The van der Waals surface area contributed by atoms with Crippen LogP contribution in [0.15, 0.2) is 36.6 Å². The number of hydrogen-bond donors (Lipinski definition) is 0. The highest BCUT2D eigenvalue weighted by atomic mass is 16.5. The molecule has 0 aliphatic carbocycles. The van der Waals surface area contributed by atoms with E-state index in [1.165, 1.54) is 0 Å². The van der Waals surface area contributed by atoms with E-state index in [2.05, 4.69) is 12.0 Å². The molecule has 0 aliphatic rings. The van der Waals surface area contributed by atoms with E-state index in [9.17, 15) is 0 Å². The first-order valence-corrected chi connectivity index (χ1v) is 3.72. The van der Waals surface area contributed by atoms with Crippen molar-refractivity contribution < 1.29 is 4.74 Å². The van der Waals surface area contributed by atoms with Crippen LogP contribution in [0.4, 0.5) is 0 Å². The van der Waals surface area contributed by atoms with Gasteiger partial charge in [0.2, 0.25) is 0 Å². The van der Waals surface area contributed by atoms with Crippen LogP contribution >= 0.6 is 0 Å². The average Bonchev–Trinajstić information content (AvgIpc) is 2.14. The van der Waals surface area contributed by atoms with Gasteiger partial charge in [-0.1, -0.05) is 36.3 Å². The lowest BCUT2D eigenvalue weighted by Crippen LogP contribution is -1.69. The van der Waals surface area contributed by atoms with Crippen LogP contribution in [-0.4, -0.2) is 0 Å². The van der Waals surface area contributed by atoms with Crippen LogP contribution < -0.4 is 0 Å². The molecule has 12 heavy (non-hydrogen) atoms. The van der Waals surface area contributed by atoms with Crippen LogP contribution in [0.3, 0.4) is 0 Å². The fourth-order valence-electron chi connectivity index (χ4n) is 0.770. The van der Waals surface area contributed by atoms with Crippen LogP contribution in [0.1, 0.15) is 12.5 Å². The molecule has 1 rings (SSSR count). The van der Waals surface area contributed by atoms with Crippen LogP contribution in [0, 0.1) is 12.0 Å². The second-order valence-electron chi connectivity index (χ2n) is 2.18. The summed E-state index contributed by atoms with van der Waals surface area (Å²) in [6.07, 6.45) is 5.92. The average molecular weight is 158 g/mol. The maximum atomic E-state index is 4.85. The third kappa shape index (κ3) is 2.94. The first kappa shape index (κ1) is 8.42. The SMILES string of the molecule is CC#CO/C=C/c1ccccc1. The number of ether oxygens (including phenoxy) is 1. The topological polar surface area (TPSA) is 9.23 Å². The molecule has 0 radical (unpaired) electrons. The van der Waals surface area contributed by atoms with E-state index >= 15 is 0 Å². The molecule has 0 heterocycles. The Labute approximate surface area is 72.7 Å². The number of rotatable bonds is 2. The van der Waals surface area contributed by atoms with Gasteiger partial charge in [0.15, 0.2) is 0 Å². The van der Waals surface area contributed by atoms with Gasteiger partial charge in [-0.05, 0) is 11.6 Å². The summed E-state index contributed by atoms with van der Waals surface area (Å²) in [7, 11) is 0. The van der Waals surface area contributed by atoms with Gasteiger partial charge in [0, 0.05) is 6.92 Å². The minimum atomic E-state index is 1.11. The third-order valence-corrected chi connectivity index (χ3v) is 1.29. The highest BCUT2D eigenvalue weighted by Crippen LogP contribution is 2.00. The van der Waals surface area contributed by atoms with E-state index in [0.717, 1.165) is 5.56 Å². The lowest BCUT2D eigenvalue weighted by atomic mass is 10.2. The summed E-state index contributed by atoms with van der Waals surface area (Å²) in [6, 6.07) is 9.93. The Morgan fingerprint density at radius 3 is 2.67 bits per heavy atom. The van der Waals surface area contributed by atoms with Crippen LogP contribution in [0.25, 0.3) is 6.08 Å². The van der Waals surface area contributed by atoms with Crippen LogP contribution in [-0.2, 0) is 4.74 Å². The second kappa shape index (κ2) is 5.03. The van der Waals surface area contributed by atoms with Gasteiger partial charge in [-0.15, -0.1) is 0 Å². The summed E-state index contributed by atoms with van der Waals surface area (Å²) in [5.41, 5.74) is 1.11. The van der Waals surface area contributed by atoms with E-state index < -0.39 is 0 Å². The van der Waals surface area contributed by atoms with Crippen LogP contribution in [0.5, 0.6) is 0 Å². The lowest BCUT2D eigenvalue weighted by molar-refractivity contribution is 0.443. The van der Waals surface area contributed by atoms with Gasteiger partial charge in [-0.3, -0.25) is 0 Å². The van der Waals surface area contributed by atoms with E-state index in [-0.39, 0.29) is 0 Å². The molecule has 0 fully saturated rings. The Kier molecular flexibility index (Phi) is 3.53. The van der Waals surface area contributed by atoms with Gasteiger partial charge in [0.1, 0.15) is 12.4 Å². The monoisotopic (exact) mass is 158 g/mol. The zero-order chi connectivity index (χ0) is 8.65. The molecule has 1 heteroatoms. The third-order valence-electron chi connectivity index (χ3n) is 1.29. The molecule has 0 unspecified atom stereocenters. The standard InChI is InChI=1S/C11H10O/c1-2-9-12-10-8-11-6-4-3-5-7-11/h3-8,10H,1H3/b10-8+. The fraction of sp³-hybridized carbons (Fsp3) is 0.0909. The van der Waals surface area contributed by atoms with E-state index in [0.29, 0.717) is 0 Å². The smallest absolute Gasteiger partial charge is 0.115 e. The van der Waals surface area contributed by atoms with Crippen molar-refractivity contribution >= 4 is 6.08 Å². The quantitative estimate of drug-likeness (QED) is 0.475. The predicted molar refractivity (Wildman–Crippen MR) is 50.0 cm³/mol. The van der Waals surface area contributed by atoms with E-state index in [1.807, 2.05) is 36.4 Å². The van der Waals surface area contributed by atoms with Gasteiger partial charge >= 0.3 is 0 Å². The number of hydrogen-bond acceptors (Lipinski definition) is 1. The van der Waals surface area contributed by atoms with Crippen molar-refractivity contribution in [2.75, 3.05) is 0 Å². The minimum absolute atomic E-state index is 1.11. The van der Waals surface area contributed by atoms with Gasteiger partial charge < -0.3 is 4.74 Å². The molecule has 1 aromatic rings. The first-order valence-electron chi connectivity index (χ1n) is 3.72. The first-order chi connectivity index (χ1) is 5.93. The van der Waals surface area contributed by atoms with Crippen LogP contribution in [0.2, 0.25) is 0 Å². The van der Waals surface area contributed by atoms with Crippen molar-refractivity contribution in [3.05, 3.63) is 42.2 Å². The molecule has 60 valence electrons. The molecule has 0 bridgehead atoms. The summed E-state index contributed by atoms with van der Waals surface area (Å²) < 4.78 is 4.85. The zero-order valence-electron chi connectivity index (χ0n) is 6.95. The van der Waals surface area contributed by atoms with Gasteiger partial charge in [0.05, 0.1) is 0 Å². The van der Waals surface area contributed by atoms with Crippen molar-refractivity contribution in [3.63, 3.8) is 0 Å². The van der Waals surface area contributed by atoms with Crippen molar-refractivity contribution in [3.8, 4) is 12.0 Å². The molecular weight excluding hydrogens is 148 g/mol. The summed E-state index contributed by atoms with van der Waals surface area (Å²) in [5, 5.41) is 0. The summed E-state index contributed by atoms with van der Waals surface area (Å²) in [5.74, 6) is 2.63. The molecule has 0 spiro atoms. The molecule has 0 aromatic heterocycles. The van der Waals surface area contributed by atoms with Crippen molar-refractivity contribution in [1.29, 1.82) is 0 Å². The van der Waals surface area contributed by atoms with E-state index in [1.54, 1.807) is 13.2 Å². The maximum absolute atomic E-state index is 4.85.